The molecule has 1 aromatic rings. The molecule has 0 aliphatic carbocycles. The van der Waals surface area contributed by atoms with Crippen molar-refractivity contribution < 1.29 is 23.1 Å². The van der Waals surface area contributed by atoms with Crippen molar-refractivity contribution in [3.8, 4) is 5.75 Å². The van der Waals surface area contributed by atoms with E-state index in [2.05, 4.69) is 5.32 Å². The molecule has 1 unspecified atom stereocenters. The summed E-state index contributed by atoms with van der Waals surface area (Å²) < 4.78 is 28.1. The van der Waals surface area contributed by atoms with Gasteiger partial charge >= 0.3 is 5.97 Å². The molecule has 0 aliphatic heterocycles. The zero-order valence-electron chi connectivity index (χ0n) is 12.2. The number of hydrogen-bond donors (Lipinski definition) is 2. The maximum atomic E-state index is 11.3. The molecule has 1 atom stereocenters. The maximum Gasteiger partial charge on any atom is 0.320 e. The van der Waals surface area contributed by atoms with Crippen molar-refractivity contribution >= 4 is 15.8 Å². The van der Waals surface area contributed by atoms with E-state index in [1.807, 2.05) is 6.92 Å². The molecule has 0 aromatic heterocycles. The SMILES string of the molecule is CCCNC(CCOc1ccc(S(C)(=O)=O)cc1)C(=O)O. The first-order valence-electron chi connectivity index (χ1n) is 6.73. The Hall–Kier alpha value is -1.60. The second kappa shape index (κ2) is 7.99. The normalized spacial score (nSPS) is 12.9. The van der Waals surface area contributed by atoms with E-state index in [1.54, 1.807) is 12.1 Å². The summed E-state index contributed by atoms with van der Waals surface area (Å²) in [5.41, 5.74) is 0. The molecule has 1 aromatic carbocycles. The van der Waals surface area contributed by atoms with E-state index in [4.69, 9.17) is 9.84 Å². The zero-order valence-corrected chi connectivity index (χ0v) is 13.0. The molecule has 1 rings (SSSR count). The molecule has 0 aliphatic rings. The summed E-state index contributed by atoms with van der Waals surface area (Å²) in [6, 6.07) is 5.42. The minimum Gasteiger partial charge on any atom is -0.494 e. The Labute approximate surface area is 125 Å². The van der Waals surface area contributed by atoms with Crippen LogP contribution in [-0.2, 0) is 14.6 Å². The molecule has 0 bridgehead atoms. The number of benzene rings is 1. The van der Waals surface area contributed by atoms with Crippen LogP contribution < -0.4 is 10.1 Å². The fourth-order valence-electron chi connectivity index (χ4n) is 1.71. The average molecular weight is 315 g/mol. The Morgan fingerprint density at radius 2 is 1.95 bits per heavy atom. The molecule has 0 radical (unpaired) electrons. The lowest BCUT2D eigenvalue weighted by Crippen LogP contribution is -2.38. The van der Waals surface area contributed by atoms with Crippen LogP contribution >= 0.6 is 0 Å². The van der Waals surface area contributed by atoms with Crippen LogP contribution in [0.5, 0.6) is 5.75 Å². The third-order valence-electron chi connectivity index (χ3n) is 2.87. The van der Waals surface area contributed by atoms with Gasteiger partial charge in [-0.15, -0.1) is 0 Å². The van der Waals surface area contributed by atoms with Gasteiger partial charge in [-0.1, -0.05) is 6.92 Å². The minimum atomic E-state index is -3.22. The monoisotopic (exact) mass is 315 g/mol. The number of ether oxygens (including phenoxy) is 1. The number of hydrogen-bond acceptors (Lipinski definition) is 5. The van der Waals surface area contributed by atoms with Crippen LogP contribution in [0.2, 0.25) is 0 Å². The van der Waals surface area contributed by atoms with E-state index < -0.39 is 21.8 Å². The zero-order chi connectivity index (χ0) is 15.9. The average Bonchev–Trinajstić information content (AvgIpc) is 2.41. The Morgan fingerprint density at radius 1 is 1.33 bits per heavy atom. The summed E-state index contributed by atoms with van der Waals surface area (Å²) in [6.45, 7) is 2.84. The smallest absolute Gasteiger partial charge is 0.320 e. The second-order valence-corrected chi connectivity index (χ2v) is 6.74. The molecule has 118 valence electrons. The molecule has 21 heavy (non-hydrogen) atoms. The second-order valence-electron chi connectivity index (χ2n) is 4.73. The van der Waals surface area contributed by atoms with Crippen molar-refractivity contribution in [1.82, 2.24) is 5.32 Å². The van der Waals surface area contributed by atoms with Gasteiger partial charge in [-0.25, -0.2) is 8.42 Å². The lowest BCUT2D eigenvalue weighted by molar-refractivity contribution is -0.139. The minimum absolute atomic E-state index is 0.225. The third-order valence-corrected chi connectivity index (χ3v) is 3.99. The molecule has 6 nitrogen and oxygen atoms in total. The first kappa shape index (κ1) is 17.5. The molecule has 0 amide bonds. The molecule has 0 saturated carbocycles. The van der Waals surface area contributed by atoms with E-state index >= 15 is 0 Å². The predicted molar refractivity (Wildman–Crippen MR) is 79.4 cm³/mol. The van der Waals surface area contributed by atoms with E-state index in [-0.39, 0.29) is 11.5 Å². The van der Waals surface area contributed by atoms with Crippen molar-refractivity contribution in [2.24, 2.45) is 0 Å². The fourth-order valence-corrected chi connectivity index (χ4v) is 2.34. The van der Waals surface area contributed by atoms with Gasteiger partial charge in [0.05, 0.1) is 11.5 Å². The molecule has 0 fully saturated rings. The maximum absolute atomic E-state index is 11.3. The number of nitrogens with one attached hydrogen (secondary N) is 1. The number of sulfone groups is 1. The largest absolute Gasteiger partial charge is 0.494 e. The standard InChI is InChI=1S/C14H21NO5S/c1-3-9-15-13(14(16)17)8-10-20-11-4-6-12(7-5-11)21(2,18)19/h4-7,13,15H,3,8-10H2,1-2H3,(H,16,17). The number of carbonyl (C=O) groups is 1. The lowest BCUT2D eigenvalue weighted by Gasteiger charge is -2.14. The van der Waals surface area contributed by atoms with Crippen LogP contribution in [-0.4, -0.2) is 44.9 Å². The molecule has 0 heterocycles. The Balaban J connectivity index is 2.49. The Kier molecular flexibility index (Phi) is 6.64. The van der Waals surface area contributed by atoms with Gasteiger partial charge in [-0.05, 0) is 37.2 Å². The van der Waals surface area contributed by atoms with Crippen molar-refractivity contribution in [1.29, 1.82) is 0 Å². The highest BCUT2D eigenvalue weighted by Gasteiger charge is 2.16. The summed E-state index contributed by atoms with van der Waals surface area (Å²) >= 11 is 0. The molecule has 0 saturated heterocycles. The summed E-state index contributed by atoms with van der Waals surface area (Å²) in [5.74, 6) is -0.387. The van der Waals surface area contributed by atoms with Crippen LogP contribution in [0.3, 0.4) is 0 Å². The Morgan fingerprint density at radius 3 is 2.43 bits per heavy atom. The van der Waals surface area contributed by atoms with Crippen LogP contribution in [0, 0.1) is 0 Å². The lowest BCUT2D eigenvalue weighted by atomic mass is 10.2. The Bertz CT molecular complexity index is 553. The molecule has 7 heteroatoms. The number of aliphatic carboxylic acids is 1. The number of carboxylic acids is 1. The number of rotatable bonds is 9. The predicted octanol–water partition coefficient (Wildman–Crippen LogP) is 1.31. The topological polar surface area (TPSA) is 92.7 Å². The van der Waals surface area contributed by atoms with Crippen molar-refractivity contribution in [2.45, 2.75) is 30.7 Å². The first-order chi connectivity index (χ1) is 9.84. The molecule has 2 N–H and O–H groups in total. The van der Waals surface area contributed by atoms with E-state index in [9.17, 15) is 13.2 Å². The molecular weight excluding hydrogens is 294 g/mol. The van der Waals surface area contributed by atoms with Gasteiger partial charge in [0.25, 0.3) is 0 Å². The summed E-state index contributed by atoms with van der Waals surface area (Å²) in [4.78, 5) is 11.2. The molecular formula is C14H21NO5S. The third kappa shape index (κ3) is 6.14. The highest BCUT2D eigenvalue weighted by Crippen LogP contribution is 2.16. The summed E-state index contributed by atoms with van der Waals surface area (Å²) in [5, 5.41) is 12.0. The van der Waals surface area contributed by atoms with Crippen LogP contribution in [0.25, 0.3) is 0 Å². The van der Waals surface area contributed by atoms with Crippen molar-refractivity contribution in [3.63, 3.8) is 0 Å². The molecule has 0 spiro atoms. The summed E-state index contributed by atoms with van der Waals surface area (Å²) in [7, 11) is -3.22. The van der Waals surface area contributed by atoms with Gasteiger partial charge in [-0.2, -0.15) is 0 Å². The van der Waals surface area contributed by atoms with E-state index in [1.165, 1.54) is 12.1 Å². The van der Waals surface area contributed by atoms with Gasteiger partial charge in [0.2, 0.25) is 0 Å². The first-order valence-corrected chi connectivity index (χ1v) is 8.63. The van der Waals surface area contributed by atoms with Crippen molar-refractivity contribution in [2.75, 3.05) is 19.4 Å². The summed E-state index contributed by atoms with van der Waals surface area (Å²) in [6.07, 6.45) is 2.33. The van der Waals surface area contributed by atoms with Gasteiger partial charge in [0.1, 0.15) is 11.8 Å². The number of carboxylic acid groups (broad SMARTS) is 1. The van der Waals surface area contributed by atoms with Crippen LogP contribution in [0.1, 0.15) is 19.8 Å². The quantitative estimate of drug-likeness (QED) is 0.714. The van der Waals surface area contributed by atoms with Crippen molar-refractivity contribution in [3.05, 3.63) is 24.3 Å². The van der Waals surface area contributed by atoms with Crippen LogP contribution in [0.4, 0.5) is 0 Å². The van der Waals surface area contributed by atoms with Gasteiger partial charge in [-0.3, -0.25) is 4.79 Å². The van der Waals surface area contributed by atoms with Crippen LogP contribution in [0.15, 0.2) is 29.2 Å². The highest BCUT2D eigenvalue weighted by molar-refractivity contribution is 7.90. The van der Waals surface area contributed by atoms with Gasteiger partial charge in [0, 0.05) is 12.7 Å². The van der Waals surface area contributed by atoms with E-state index in [0.717, 1.165) is 12.7 Å². The highest BCUT2D eigenvalue weighted by atomic mass is 32.2. The van der Waals surface area contributed by atoms with E-state index in [0.29, 0.717) is 18.7 Å². The van der Waals surface area contributed by atoms with Gasteiger partial charge < -0.3 is 15.2 Å². The fraction of sp³-hybridized carbons (Fsp3) is 0.500. The van der Waals surface area contributed by atoms with Gasteiger partial charge in [0.15, 0.2) is 9.84 Å².